The lowest BCUT2D eigenvalue weighted by Gasteiger charge is -2.41. The normalized spacial score (nSPS) is 16.3. The number of carbonyl (C=O) groups excluding carboxylic acids is 1. The second-order valence-electron chi connectivity index (χ2n) is 15.9. The van der Waals surface area contributed by atoms with E-state index in [4.69, 9.17) is 5.10 Å². The monoisotopic (exact) mass is 879 g/mol. The first-order valence-electron chi connectivity index (χ1n) is 20.6. The van der Waals surface area contributed by atoms with Crippen molar-refractivity contribution in [2.24, 2.45) is 0 Å². The first-order chi connectivity index (χ1) is 30.4. The molecule has 0 spiro atoms. The Morgan fingerprint density at radius 1 is 0.683 bits per heavy atom. The van der Waals surface area contributed by atoms with Crippen LogP contribution in [0.5, 0.6) is 0 Å². The average Bonchev–Trinajstić information content (AvgIpc) is 3.70. The molecule has 1 saturated heterocycles. The Hall–Kier alpha value is -6.32. The fourth-order valence-corrected chi connectivity index (χ4v) is 10.8. The molecule has 0 N–H and O–H groups in total. The Balaban J connectivity index is 1.20. The van der Waals surface area contributed by atoms with E-state index in [9.17, 15) is 26.4 Å². The van der Waals surface area contributed by atoms with Gasteiger partial charge in [0.1, 0.15) is 17.4 Å². The molecule has 0 radical (unpaired) electrons. The lowest BCUT2D eigenvalue weighted by Crippen LogP contribution is -2.59. The predicted molar refractivity (Wildman–Crippen MR) is 224 cm³/mol. The number of fused-ring (bicyclic) bond motifs is 1. The molecule has 2 aromatic heterocycles. The number of benzene rings is 5. The highest BCUT2D eigenvalue weighted by Gasteiger charge is 2.49. The molecule has 1 unspecified atom stereocenters. The van der Waals surface area contributed by atoms with Crippen LogP contribution in [0.4, 0.5) is 32.0 Å². The Kier molecular flexibility index (Phi) is 11.2. The molecule has 5 aromatic carbocycles. The van der Waals surface area contributed by atoms with E-state index in [0.29, 0.717) is 26.8 Å². The summed E-state index contributed by atoms with van der Waals surface area (Å²) in [6, 6.07) is 33.3. The molecule has 322 valence electrons. The van der Waals surface area contributed by atoms with Crippen molar-refractivity contribution >= 4 is 32.5 Å². The SMILES string of the molecule is O=C(C1CCN1S(=O)(=O)c1c(F)c(F)c(F)c(F)c1F)N(Cc1ccc(C2CCCCC2)cn1)c1cc2c(cnn2C(c2ccccc2)(c2ccccc2)c2ccccc2)cc1F. The van der Waals surface area contributed by atoms with Crippen molar-refractivity contribution < 1.29 is 39.6 Å². The summed E-state index contributed by atoms with van der Waals surface area (Å²) in [6.45, 7) is -0.878. The largest absolute Gasteiger partial charge is 0.302 e. The lowest BCUT2D eigenvalue weighted by molar-refractivity contribution is -0.125. The minimum atomic E-state index is -5.51. The van der Waals surface area contributed by atoms with Crippen molar-refractivity contribution in [3.63, 3.8) is 0 Å². The van der Waals surface area contributed by atoms with E-state index >= 15 is 13.2 Å². The van der Waals surface area contributed by atoms with Gasteiger partial charge in [0, 0.05) is 18.1 Å². The summed E-state index contributed by atoms with van der Waals surface area (Å²) >= 11 is 0. The predicted octanol–water partition coefficient (Wildman–Crippen LogP) is 10.2. The van der Waals surface area contributed by atoms with E-state index in [1.54, 1.807) is 16.9 Å². The molecule has 2 aliphatic rings. The molecule has 15 heteroatoms. The van der Waals surface area contributed by atoms with Crippen LogP contribution in [0.25, 0.3) is 10.9 Å². The zero-order valence-electron chi connectivity index (χ0n) is 33.6. The summed E-state index contributed by atoms with van der Waals surface area (Å²) < 4.78 is 119. The highest BCUT2D eigenvalue weighted by molar-refractivity contribution is 7.89. The minimum Gasteiger partial charge on any atom is -0.302 e. The van der Waals surface area contributed by atoms with Crippen molar-refractivity contribution in [2.75, 3.05) is 11.4 Å². The Morgan fingerprint density at radius 2 is 1.24 bits per heavy atom. The van der Waals surface area contributed by atoms with E-state index < -0.39 is 73.9 Å². The molecule has 7 aromatic rings. The number of nitrogens with zero attached hydrogens (tertiary/aromatic N) is 5. The first-order valence-corrected chi connectivity index (χ1v) is 22.0. The number of sulfonamides is 1. The van der Waals surface area contributed by atoms with Gasteiger partial charge in [-0.05, 0) is 65.6 Å². The Bertz CT molecular complexity index is 2810. The summed E-state index contributed by atoms with van der Waals surface area (Å²) in [7, 11) is -5.51. The summed E-state index contributed by atoms with van der Waals surface area (Å²) in [4.78, 5) is 18.4. The van der Waals surface area contributed by atoms with Gasteiger partial charge in [0.15, 0.2) is 28.2 Å². The number of pyridine rings is 1. The number of anilines is 1. The van der Waals surface area contributed by atoms with Gasteiger partial charge in [-0.25, -0.2) is 39.4 Å². The second-order valence-corrected chi connectivity index (χ2v) is 17.7. The number of rotatable bonds is 11. The van der Waals surface area contributed by atoms with Crippen LogP contribution >= 0.6 is 0 Å². The van der Waals surface area contributed by atoms with E-state index in [1.165, 1.54) is 18.3 Å². The van der Waals surface area contributed by atoms with Crippen LogP contribution in [0, 0.1) is 34.9 Å². The van der Waals surface area contributed by atoms with Crippen molar-refractivity contribution in [2.45, 2.75) is 67.5 Å². The van der Waals surface area contributed by atoms with Crippen molar-refractivity contribution in [1.29, 1.82) is 0 Å². The average molecular weight is 880 g/mol. The number of hydrogen-bond donors (Lipinski definition) is 0. The van der Waals surface area contributed by atoms with Crippen LogP contribution in [0.15, 0.2) is 133 Å². The molecule has 9 rings (SSSR count). The number of aromatic nitrogens is 3. The van der Waals surface area contributed by atoms with Crippen LogP contribution < -0.4 is 4.90 Å². The maximum absolute atomic E-state index is 16.8. The molecular weight excluding hydrogens is 841 g/mol. The number of hydrogen-bond acceptors (Lipinski definition) is 5. The van der Waals surface area contributed by atoms with Gasteiger partial charge in [0.25, 0.3) is 0 Å². The molecular formula is C48H39F6N5O3S. The van der Waals surface area contributed by atoms with Gasteiger partial charge in [-0.1, -0.05) is 116 Å². The Morgan fingerprint density at radius 3 is 1.75 bits per heavy atom. The highest BCUT2D eigenvalue weighted by atomic mass is 32.2. The van der Waals surface area contributed by atoms with Crippen LogP contribution in [-0.4, -0.2) is 46.0 Å². The zero-order chi connectivity index (χ0) is 44.0. The summed E-state index contributed by atoms with van der Waals surface area (Å²) in [5, 5.41) is 5.25. The van der Waals surface area contributed by atoms with Gasteiger partial charge < -0.3 is 4.90 Å². The smallest absolute Gasteiger partial charge is 0.249 e. The minimum absolute atomic E-state index is 0.209. The van der Waals surface area contributed by atoms with Gasteiger partial charge in [0.05, 0.1) is 29.6 Å². The van der Waals surface area contributed by atoms with Gasteiger partial charge in [0.2, 0.25) is 21.7 Å². The molecule has 63 heavy (non-hydrogen) atoms. The summed E-state index contributed by atoms with van der Waals surface area (Å²) in [5.74, 6) is -14.2. The first kappa shape index (κ1) is 42.0. The van der Waals surface area contributed by atoms with Crippen LogP contribution in [0.1, 0.15) is 72.4 Å². The van der Waals surface area contributed by atoms with Crippen molar-refractivity contribution in [3.8, 4) is 0 Å². The molecule has 2 fully saturated rings. The third-order valence-corrected chi connectivity index (χ3v) is 14.3. The third-order valence-electron chi connectivity index (χ3n) is 12.3. The standard InChI is InChI=1S/C48H39F6N5O3S/c49-37-25-32-28-56-59(48(33-15-7-2-8-16-33,34-17-9-3-10-18-34)35-19-11-4-12-20-35)39(32)26-40(37)57(29-36-22-21-31(27-55-36)30-13-5-1-6-14-30)47(60)38-23-24-58(38)63(61,62)46-44(53)42(51)41(50)43(52)45(46)54/h2-4,7-12,15-22,25-28,30,38H,1,5-6,13-14,23-24,29H2. The molecule has 8 nitrogen and oxygen atoms in total. The molecule has 1 saturated carbocycles. The molecule has 1 aliphatic carbocycles. The summed E-state index contributed by atoms with van der Waals surface area (Å²) in [5.41, 5.74) is 2.64. The number of halogens is 6. The molecule has 1 amide bonds. The molecule has 1 atom stereocenters. The van der Waals surface area contributed by atoms with E-state index in [1.807, 2.05) is 97.1 Å². The van der Waals surface area contributed by atoms with E-state index in [2.05, 4.69) is 4.98 Å². The Labute approximate surface area is 359 Å². The molecule has 1 aliphatic heterocycles. The van der Waals surface area contributed by atoms with E-state index in [0.717, 1.165) is 59.3 Å². The van der Waals surface area contributed by atoms with Gasteiger partial charge in [-0.3, -0.25) is 9.78 Å². The summed E-state index contributed by atoms with van der Waals surface area (Å²) in [6.07, 6.45) is 8.31. The fraction of sp³-hybridized carbons (Fsp3) is 0.229. The molecule has 0 bridgehead atoms. The topological polar surface area (TPSA) is 88.4 Å². The van der Waals surface area contributed by atoms with Crippen molar-refractivity contribution in [3.05, 3.63) is 191 Å². The van der Waals surface area contributed by atoms with Gasteiger partial charge >= 0.3 is 0 Å². The fourth-order valence-electron chi connectivity index (χ4n) is 9.07. The quantitative estimate of drug-likeness (QED) is 0.0559. The maximum Gasteiger partial charge on any atom is 0.249 e. The highest BCUT2D eigenvalue weighted by Crippen LogP contribution is 2.44. The number of carbonyl (C=O) groups is 1. The second kappa shape index (κ2) is 16.8. The van der Waals surface area contributed by atoms with Crippen LogP contribution in [0.3, 0.4) is 0 Å². The molecule has 3 heterocycles. The lowest BCUT2D eigenvalue weighted by atomic mass is 9.77. The third kappa shape index (κ3) is 7.16. The maximum atomic E-state index is 16.8. The van der Waals surface area contributed by atoms with Gasteiger partial charge in [-0.2, -0.15) is 9.40 Å². The van der Waals surface area contributed by atoms with Crippen LogP contribution in [-0.2, 0) is 26.9 Å². The van der Waals surface area contributed by atoms with Gasteiger partial charge in [-0.15, -0.1) is 0 Å². The van der Waals surface area contributed by atoms with E-state index in [-0.39, 0.29) is 18.7 Å². The number of amides is 1. The van der Waals surface area contributed by atoms with Crippen molar-refractivity contribution in [1.82, 2.24) is 19.1 Å². The van der Waals surface area contributed by atoms with Crippen LogP contribution in [0.2, 0.25) is 0 Å². The zero-order valence-corrected chi connectivity index (χ0v) is 34.4.